The summed E-state index contributed by atoms with van der Waals surface area (Å²) in [5.41, 5.74) is 1.65. The predicted octanol–water partition coefficient (Wildman–Crippen LogP) is 4.67. The smallest absolute Gasteiger partial charge is 0.508 e. The van der Waals surface area contributed by atoms with Crippen LogP contribution in [0, 0.1) is 26.3 Å². The maximum absolute atomic E-state index is 8.63. The average Bonchev–Trinajstić information content (AvgIpc) is 2.71. The van der Waals surface area contributed by atoms with Crippen molar-refractivity contribution >= 4 is 35.8 Å². The molecule has 1 aliphatic carbocycles. The van der Waals surface area contributed by atoms with Crippen LogP contribution in [0.15, 0.2) is 48.1 Å². The van der Waals surface area contributed by atoms with E-state index in [9.17, 15) is 0 Å². The molecule has 0 atom stereocenters. The molecule has 1 aromatic carbocycles. The van der Waals surface area contributed by atoms with Gasteiger partial charge in [0.05, 0.1) is 0 Å². The van der Waals surface area contributed by atoms with Gasteiger partial charge in [0.15, 0.2) is 0 Å². The number of hydrogen-bond acceptors (Lipinski definition) is 1. The number of hydrogen-bond donors (Lipinski definition) is 1. The van der Waals surface area contributed by atoms with Gasteiger partial charge in [-0.15, -0.1) is 31.2 Å². The number of rotatable bonds is 0. The molecule has 1 aliphatic rings. The molecule has 0 amide bonds. The van der Waals surface area contributed by atoms with Gasteiger partial charge in [-0.2, -0.15) is 6.08 Å². The summed E-state index contributed by atoms with van der Waals surface area (Å²) in [6.07, 6.45) is 8.63. The van der Waals surface area contributed by atoms with Crippen LogP contribution in [0.2, 0.25) is 0 Å². The van der Waals surface area contributed by atoms with Gasteiger partial charge in [0, 0.05) is 0 Å². The number of aromatic hydroxyl groups is 1. The zero-order chi connectivity index (χ0) is 12.0. The van der Waals surface area contributed by atoms with Crippen molar-refractivity contribution in [1.82, 2.24) is 0 Å². The molecule has 1 aromatic rings. The zero-order valence-electron chi connectivity index (χ0n) is 14.5. The number of benzene rings is 1. The van der Waals surface area contributed by atoms with Crippen LogP contribution in [0.25, 0.3) is 0 Å². The molecule has 22 heavy (non-hydrogen) atoms. The van der Waals surface area contributed by atoms with Gasteiger partial charge in [-0.3, -0.25) is 6.08 Å². The van der Waals surface area contributed by atoms with E-state index < -0.39 is 0 Å². The fraction of sp³-hybridized carbons (Fsp3) is 0.294. The molecule has 1 nitrogen and oxygen atoms in total. The summed E-state index contributed by atoms with van der Waals surface area (Å²) in [6.45, 7) is 6.64. The van der Waals surface area contributed by atoms with Crippen LogP contribution < -0.4 is 0 Å². The van der Waals surface area contributed by atoms with Crippen molar-refractivity contribution in [2.24, 2.45) is 5.41 Å². The molecule has 5 heteroatoms. The maximum atomic E-state index is 8.63. The van der Waals surface area contributed by atoms with E-state index in [0.717, 1.165) is 6.42 Å². The topological polar surface area (TPSA) is 20.2 Å². The Morgan fingerprint density at radius 3 is 1.64 bits per heavy atom. The van der Waals surface area contributed by atoms with Crippen molar-refractivity contribution in [3.05, 3.63) is 69.0 Å². The van der Waals surface area contributed by atoms with Crippen LogP contribution in [0.3, 0.4) is 0 Å². The Hall–Kier alpha value is 0.0112. The van der Waals surface area contributed by atoms with Gasteiger partial charge in [0.1, 0.15) is 5.75 Å². The first kappa shape index (κ1) is 37.9. The van der Waals surface area contributed by atoms with Crippen molar-refractivity contribution < 1.29 is 26.8 Å². The Balaban J connectivity index is -0.0000000464. The minimum Gasteiger partial charge on any atom is -0.508 e. The van der Waals surface area contributed by atoms with Crippen molar-refractivity contribution in [3.8, 4) is 5.75 Å². The summed E-state index contributed by atoms with van der Waals surface area (Å²) in [6, 6.07) is 8.71. The van der Waals surface area contributed by atoms with E-state index >= 15 is 0 Å². The Morgan fingerprint density at radius 2 is 1.45 bits per heavy atom. The number of halogens is 2. The third kappa shape index (κ3) is 16.4. The second-order valence-electron chi connectivity index (χ2n) is 4.78. The van der Waals surface area contributed by atoms with Gasteiger partial charge < -0.3 is 20.0 Å². The van der Waals surface area contributed by atoms with Gasteiger partial charge in [-0.25, -0.2) is 11.6 Å². The van der Waals surface area contributed by atoms with Crippen LogP contribution in [-0.2, 0) is 21.7 Å². The molecule has 0 heterocycles. The summed E-state index contributed by atoms with van der Waals surface area (Å²) >= 11 is 0. The third-order valence-electron chi connectivity index (χ3n) is 2.26. The van der Waals surface area contributed by atoms with E-state index in [1.165, 1.54) is 5.57 Å². The minimum atomic E-state index is 0. The minimum absolute atomic E-state index is 0. The van der Waals surface area contributed by atoms with Gasteiger partial charge >= 0.3 is 21.7 Å². The third-order valence-corrected chi connectivity index (χ3v) is 2.26. The zero-order valence-corrected chi connectivity index (χ0v) is 19.7. The molecule has 0 unspecified atom stereocenters. The fourth-order valence-electron chi connectivity index (χ4n) is 1.35. The first-order valence-electron chi connectivity index (χ1n) is 5.52. The number of phenols is 1. The van der Waals surface area contributed by atoms with Crippen molar-refractivity contribution in [2.75, 3.05) is 0 Å². The number of para-hydroxylation sites is 1. The normalized spacial score (nSPS) is 10.2. The number of allylic oxidation sites excluding steroid dienone is 4. The van der Waals surface area contributed by atoms with E-state index in [1.807, 2.05) is 6.07 Å². The van der Waals surface area contributed by atoms with Crippen LogP contribution in [0.4, 0.5) is 0 Å². The molecule has 2 rings (SSSR count). The largest absolute Gasteiger partial charge is 3.00 e. The molecule has 0 aliphatic heterocycles. The summed E-state index contributed by atoms with van der Waals surface area (Å²) in [5, 5.41) is 8.63. The quantitative estimate of drug-likeness (QED) is 0.498. The summed E-state index contributed by atoms with van der Waals surface area (Å²) in [7, 11) is 0. The predicted molar refractivity (Wildman–Crippen MR) is 105 cm³/mol. The molecule has 0 saturated heterocycles. The molecule has 1 N–H and O–H groups in total. The summed E-state index contributed by atoms with van der Waals surface area (Å²) in [4.78, 5) is 0. The van der Waals surface area contributed by atoms with Gasteiger partial charge in [0.25, 0.3) is 0 Å². The maximum Gasteiger partial charge on any atom is 3.00 e. The molecular formula is C17H30Cl2OSiTi. The first-order chi connectivity index (χ1) is 7.50. The Bertz CT molecular complexity index is 387. The molecule has 2 radical (unpaired) electrons. The first-order valence-corrected chi connectivity index (χ1v) is 5.52. The Morgan fingerprint density at radius 1 is 1.00 bits per heavy atom. The van der Waals surface area contributed by atoms with E-state index in [1.54, 1.807) is 24.3 Å². The molecule has 0 aromatic heterocycles. The van der Waals surface area contributed by atoms with Crippen LogP contribution in [-0.4, -0.2) is 16.1 Å². The van der Waals surface area contributed by atoms with E-state index in [-0.39, 0.29) is 72.4 Å². The average molecular weight is 397 g/mol. The van der Waals surface area contributed by atoms with Crippen LogP contribution in [0.1, 0.15) is 27.2 Å². The standard InChI is InChI=1S/C9H13.C6H6O.2CH3.2ClH.H3Si.Ti/c1-9(2,3)8-6-4-5-7-8;7-6-4-2-1-3-5-6;;;;;;/h4,6H,5H2,1-3H3;1-5,7H;2*1H3;2*1H;1H3;/q-1;;2*-1;;;;+3. The SMILES string of the molecule is CC(C)(C)C1=[C-]CC=C1.Cl.Cl.Oc1ccccc1.[CH3-].[CH3-].[SiH3].[Ti+3]. The molecular weight excluding hydrogens is 367 g/mol. The fourth-order valence-corrected chi connectivity index (χ4v) is 1.35. The van der Waals surface area contributed by atoms with Crippen LogP contribution >= 0.6 is 24.8 Å². The monoisotopic (exact) mass is 396 g/mol. The Kier molecular flexibility index (Phi) is 32.8. The second-order valence-corrected chi connectivity index (χ2v) is 4.78. The van der Waals surface area contributed by atoms with Gasteiger partial charge in [0.2, 0.25) is 0 Å². The second kappa shape index (κ2) is 19.1. The Labute approximate surface area is 169 Å². The van der Waals surface area contributed by atoms with E-state index in [2.05, 4.69) is 39.0 Å². The van der Waals surface area contributed by atoms with Crippen molar-refractivity contribution in [3.63, 3.8) is 0 Å². The molecule has 0 fully saturated rings. The molecule has 0 spiro atoms. The van der Waals surface area contributed by atoms with Crippen LogP contribution in [0.5, 0.6) is 5.75 Å². The van der Waals surface area contributed by atoms with Gasteiger partial charge in [-0.1, -0.05) is 39.0 Å². The number of phenolic OH excluding ortho intramolecular Hbond substituents is 1. The molecule has 0 saturated carbocycles. The summed E-state index contributed by atoms with van der Waals surface area (Å²) in [5.74, 6) is 0.322. The summed E-state index contributed by atoms with van der Waals surface area (Å²) < 4.78 is 0. The van der Waals surface area contributed by atoms with Gasteiger partial charge in [-0.05, 0) is 28.5 Å². The van der Waals surface area contributed by atoms with E-state index in [0.29, 0.717) is 11.2 Å². The molecule has 0 bridgehead atoms. The van der Waals surface area contributed by atoms with E-state index in [4.69, 9.17) is 5.11 Å². The van der Waals surface area contributed by atoms with Crippen molar-refractivity contribution in [1.29, 1.82) is 0 Å². The molecule has 126 valence electrons. The van der Waals surface area contributed by atoms with Crippen molar-refractivity contribution in [2.45, 2.75) is 27.2 Å².